The van der Waals surface area contributed by atoms with Gasteiger partial charge in [0.15, 0.2) is 0 Å². The molecule has 3 N–H and O–H groups in total. The second kappa shape index (κ2) is 5.58. The zero-order chi connectivity index (χ0) is 12.3. The summed E-state index contributed by atoms with van der Waals surface area (Å²) in [5.41, 5.74) is 6.89. The lowest BCUT2D eigenvalue weighted by atomic mass is 10.0. The summed E-state index contributed by atoms with van der Waals surface area (Å²) in [4.78, 5) is 6.68. The van der Waals surface area contributed by atoms with E-state index in [1.54, 1.807) is 6.20 Å². The molecule has 94 valence electrons. The molecule has 1 saturated heterocycles. The first kappa shape index (κ1) is 12.5. The molecule has 3 atom stereocenters. The van der Waals surface area contributed by atoms with Gasteiger partial charge in [-0.2, -0.15) is 0 Å². The van der Waals surface area contributed by atoms with Crippen LogP contribution in [0.1, 0.15) is 25.1 Å². The smallest absolute Gasteiger partial charge is 0.0647 e. The molecule has 1 fully saturated rings. The summed E-state index contributed by atoms with van der Waals surface area (Å²) in [5, 5.41) is 9.50. The number of aliphatic hydroxyl groups excluding tert-OH is 1. The van der Waals surface area contributed by atoms with Crippen LogP contribution < -0.4 is 5.73 Å². The molecule has 0 spiro atoms. The fraction of sp³-hybridized carbons (Fsp3) is 0.615. The van der Waals surface area contributed by atoms with Crippen molar-refractivity contribution in [1.82, 2.24) is 9.88 Å². The van der Waals surface area contributed by atoms with E-state index < -0.39 is 0 Å². The Hall–Kier alpha value is -0.970. The van der Waals surface area contributed by atoms with Crippen molar-refractivity contribution in [2.45, 2.75) is 25.4 Å². The molecular formula is C13H21N3O. The minimum Gasteiger partial charge on any atom is -0.395 e. The Balaban J connectivity index is 2.19. The largest absolute Gasteiger partial charge is 0.395 e. The highest BCUT2D eigenvalue weighted by Crippen LogP contribution is 2.31. The van der Waals surface area contributed by atoms with Gasteiger partial charge in [-0.05, 0) is 31.0 Å². The molecule has 1 aromatic rings. The molecule has 2 rings (SSSR count). The third-order valence-electron chi connectivity index (χ3n) is 3.77. The lowest BCUT2D eigenvalue weighted by Gasteiger charge is -2.32. The molecule has 17 heavy (non-hydrogen) atoms. The van der Waals surface area contributed by atoms with Crippen molar-refractivity contribution in [3.63, 3.8) is 0 Å². The number of aliphatic hydroxyl groups is 1. The molecule has 1 aliphatic rings. The number of nitrogens with zero attached hydrogens (tertiary/aromatic N) is 2. The second-order valence-corrected chi connectivity index (χ2v) is 4.76. The van der Waals surface area contributed by atoms with Crippen molar-refractivity contribution in [2.24, 2.45) is 11.7 Å². The summed E-state index contributed by atoms with van der Waals surface area (Å²) < 4.78 is 0. The number of likely N-dealkylation sites (tertiary alicyclic amines) is 1. The van der Waals surface area contributed by atoms with Crippen LogP contribution in [0.5, 0.6) is 0 Å². The molecule has 0 radical (unpaired) electrons. The topological polar surface area (TPSA) is 62.4 Å². The molecule has 4 nitrogen and oxygen atoms in total. The summed E-state index contributed by atoms with van der Waals surface area (Å²) in [6.45, 7) is 3.92. The number of aromatic nitrogens is 1. The van der Waals surface area contributed by atoms with Gasteiger partial charge < -0.3 is 10.8 Å². The zero-order valence-electron chi connectivity index (χ0n) is 10.3. The lowest BCUT2D eigenvalue weighted by Crippen LogP contribution is -2.41. The molecule has 1 aromatic heterocycles. The Morgan fingerprint density at radius 1 is 1.59 bits per heavy atom. The first-order valence-corrected chi connectivity index (χ1v) is 6.25. The average molecular weight is 235 g/mol. The third kappa shape index (κ3) is 2.49. The number of rotatable bonds is 4. The normalized spacial score (nSPS) is 27.2. The molecule has 1 aliphatic heterocycles. The predicted molar refractivity (Wildman–Crippen MR) is 67.4 cm³/mol. The maximum Gasteiger partial charge on any atom is 0.0647 e. The van der Waals surface area contributed by atoms with Crippen LogP contribution in [0, 0.1) is 5.92 Å². The van der Waals surface area contributed by atoms with Crippen molar-refractivity contribution in [2.75, 3.05) is 19.7 Å². The third-order valence-corrected chi connectivity index (χ3v) is 3.77. The van der Waals surface area contributed by atoms with Crippen molar-refractivity contribution < 1.29 is 5.11 Å². The molecule has 0 aliphatic carbocycles. The Morgan fingerprint density at radius 3 is 3.00 bits per heavy atom. The van der Waals surface area contributed by atoms with E-state index in [0.29, 0.717) is 12.5 Å². The van der Waals surface area contributed by atoms with Gasteiger partial charge in [0.25, 0.3) is 0 Å². The summed E-state index contributed by atoms with van der Waals surface area (Å²) in [5.74, 6) is 0.526. The first-order valence-electron chi connectivity index (χ1n) is 6.25. The molecule has 0 saturated carbocycles. The van der Waals surface area contributed by atoms with Crippen molar-refractivity contribution in [3.05, 3.63) is 30.1 Å². The number of hydrogen-bond acceptors (Lipinski definition) is 4. The van der Waals surface area contributed by atoms with Gasteiger partial charge in [0.2, 0.25) is 0 Å². The van der Waals surface area contributed by atoms with Crippen molar-refractivity contribution >= 4 is 0 Å². The Bertz CT molecular complexity index is 344. The Morgan fingerprint density at radius 2 is 2.41 bits per heavy atom. The van der Waals surface area contributed by atoms with E-state index in [1.807, 2.05) is 18.2 Å². The SMILES string of the molecule is CC1CCN(C(CN)c2ccccn2)C1CO. The summed E-state index contributed by atoms with van der Waals surface area (Å²) in [7, 11) is 0. The van der Waals surface area contributed by atoms with Crippen LogP contribution in [0.4, 0.5) is 0 Å². The van der Waals surface area contributed by atoms with Crippen LogP contribution in [0.15, 0.2) is 24.4 Å². The zero-order valence-corrected chi connectivity index (χ0v) is 10.3. The predicted octanol–water partition coefficient (Wildman–Crippen LogP) is 0.784. The highest BCUT2D eigenvalue weighted by molar-refractivity contribution is 5.11. The molecule has 0 amide bonds. The van der Waals surface area contributed by atoms with Crippen LogP contribution in [0.25, 0.3) is 0 Å². The number of nitrogens with two attached hydrogens (primary N) is 1. The maximum atomic E-state index is 9.50. The van der Waals surface area contributed by atoms with Gasteiger partial charge in [-0.3, -0.25) is 9.88 Å². The minimum atomic E-state index is 0.123. The summed E-state index contributed by atoms with van der Waals surface area (Å²) in [6.07, 6.45) is 2.92. The van der Waals surface area contributed by atoms with Crippen molar-refractivity contribution in [3.8, 4) is 0 Å². The van der Waals surface area contributed by atoms with Crippen LogP contribution in [-0.4, -0.2) is 40.7 Å². The van der Waals surface area contributed by atoms with Gasteiger partial charge in [-0.25, -0.2) is 0 Å². The quantitative estimate of drug-likeness (QED) is 0.809. The van der Waals surface area contributed by atoms with E-state index >= 15 is 0 Å². The van der Waals surface area contributed by atoms with E-state index in [-0.39, 0.29) is 18.7 Å². The van der Waals surface area contributed by atoms with Gasteiger partial charge >= 0.3 is 0 Å². The van der Waals surface area contributed by atoms with Gasteiger partial charge in [-0.15, -0.1) is 0 Å². The van der Waals surface area contributed by atoms with Gasteiger partial charge in [0, 0.05) is 18.8 Å². The van der Waals surface area contributed by atoms with Gasteiger partial charge in [0.05, 0.1) is 18.3 Å². The summed E-state index contributed by atoms with van der Waals surface area (Å²) >= 11 is 0. The molecule has 0 aromatic carbocycles. The van der Waals surface area contributed by atoms with Gasteiger partial charge in [0.1, 0.15) is 0 Å². The first-order chi connectivity index (χ1) is 8.27. The fourth-order valence-electron chi connectivity index (χ4n) is 2.71. The van der Waals surface area contributed by atoms with Crippen LogP contribution >= 0.6 is 0 Å². The van der Waals surface area contributed by atoms with E-state index in [9.17, 15) is 5.11 Å². The molecular weight excluding hydrogens is 214 g/mol. The molecule has 2 heterocycles. The Kier molecular flexibility index (Phi) is 4.10. The van der Waals surface area contributed by atoms with E-state index in [1.165, 1.54) is 0 Å². The fourth-order valence-corrected chi connectivity index (χ4v) is 2.71. The molecule has 3 unspecified atom stereocenters. The maximum absolute atomic E-state index is 9.50. The van der Waals surface area contributed by atoms with Crippen LogP contribution in [0.3, 0.4) is 0 Å². The molecule has 0 bridgehead atoms. The van der Waals surface area contributed by atoms with Gasteiger partial charge in [-0.1, -0.05) is 13.0 Å². The lowest BCUT2D eigenvalue weighted by molar-refractivity contribution is 0.103. The van der Waals surface area contributed by atoms with Crippen LogP contribution in [0.2, 0.25) is 0 Å². The second-order valence-electron chi connectivity index (χ2n) is 4.76. The summed E-state index contributed by atoms with van der Waals surface area (Å²) in [6, 6.07) is 6.24. The van der Waals surface area contributed by atoms with Crippen molar-refractivity contribution in [1.29, 1.82) is 0 Å². The standard InChI is InChI=1S/C13H21N3O/c1-10-5-7-16(13(10)9-17)12(8-14)11-4-2-3-6-15-11/h2-4,6,10,12-13,17H,5,7-9,14H2,1H3. The highest BCUT2D eigenvalue weighted by atomic mass is 16.3. The Labute approximate surface area is 102 Å². The van der Waals surface area contributed by atoms with E-state index in [4.69, 9.17) is 5.73 Å². The van der Waals surface area contributed by atoms with E-state index in [2.05, 4.69) is 16.8 Å². The average Bonchev–Trinajstić information content (AvgIpc) is 2.73. The number of hydrogen-bond donors (Lipinski definition) is 2. The minimum absolute atomic E-state index is 0.123. The van der Waals surface area contributed by atoms with Crippen LogP contribution in [-0.2, 0) is 0 Å². The number of pyridine rings is 1. The van der Waals surface area contributed by atoms with E-state index in [0.717, 1.165) is 18.7 Å². The highest BCUT2D eigenvalue weighted by Gasteiger charge is 2.35. The monoisotopic (exact) mass is 235 g/mol. The molecule has 4 heteroatoms.